The number of nitrogens with zero attached hydrogens (tertiary/aromatic N) is 2. The summed E-state index contributed by atoms with van der Waals surface area (Å²) in [6.45, 7) is 4.79. The molecule has 0 amide bonds. The van der Waals surface area contributed by atoms with Gasteiger partial charge in [-0.25, -0.2) is 0 Å². The molecule has 0 aliphatic heterocycles. The van der Waals surface area contributed by atoms with E-state index in [1.165, 1.54) is 7.11 Å². The average Bonchev–Trinajstić information content (AvgIpc) is 2.55. The zero-order valence-electron chi connectivity index (χ0n) is 9.21. The van der Waals surface area contributed by atoms with Gasteiger partial charge in [0.15, 0.2) is 0 Å². The monoisotopic (exact) mass is 274 g/mol. The molecule has 0 aliphatic carbocycles. The minimum atomic E-state index is -0.243. The van der Waals surface area contributed by atoms with Crippen LogP contribution in [0.15, 0.2) is 4.47 Å². The van der Waals surface area contributed by atoms with Gasteiger partial charge >= 0.3 is 5.97 Å². The van der Waals surface area contributed by atoms with Crippen LogP contribution in [0.2, 0.25) is 0 Å². The lowest BCUT2D eigenvalue weighted by atomic mass is 10.2. The Hall–Kier alpha value is -0.840. The van der Waals surface area contributed by atoms with Crippen molar-refractivity contribution < 1.29 is 9.53 Å². The average molecular weight is 275 g/mol. The maximum Gasteiger partial charge on any atom is 0.311 e. The van der Waals surface area contributed by atoms with Gasteiger partial charge in [0.1, 0.15) is 0 Å². The van der Waals surface area contributed by atoms with Crippen molar-refractivity contribution in [2.24, 2.45) is 0 Å². The summed E-state index contributed by atoms with van der Waals surface area (Å²) >= 11 is 3.47. The molecule has 0 radical (unpaired) electrons. The van der Waals surface area contributed by atoms with Crippen LogP contribution in [-0.2, 0) is 28.9 Å². The van der Waals surface area contributed by atoms with Gasteiger partial charge < -0.3 is 4.74 Å². The van der Waals surface area contributed by atoms with Gasteiger partial charge in [-0.2, -0.15) is 5.10 Å². The van der Waals surface area contributed by atoms with E-state index >= 15 is 0 Å². The minimum absolute atomic E-state index is 0.243. The Morgan fingerprint density at radius 1 is 1.53 bits per heavy atom. The summed E-state index contributed by atoms with van der Waals surface area (Å²) in [6, 6.07) is 0. The normalized spacial score (nSPS) is 10.4. The van der Waals surface area contributed by atoms with Crippen molar-refractivity contribution in [1.29, 1.82) is 0 Å². The first-order valence-electron chi connectivity index (χ1n) is 4.94. The maximum absolute atomic E-state index is 11.2. The SMILES string of the molecule is CCc1nn(CC)c(CC(=O)OC)c1Br. The van der Waals surface area contributed by atoms with E-state index in [1.54, 1.807) is 0 Å². The number of aromatic nitrogens is 2. The van der Waals surface area contributed by atoms with Crippen molar-refractivity contribution in [1.82, 2.24) is 9.78 Å². The topological polar surface area (TPSA) is 44.1 Å². The standard InChI is InChI=1S/C10H15BrN2O2/c1-4-7-10(11)8(6-9(14)15-3)13(5-2)12-7/h4-6H2,1-3H3. The van der Waals surface area contributed by atoms with Crippen LogP contribution in [0.3, 0.4) is 0 Å². The zero-order chi connectivity index (χ0) is 11.4. The molecule has 0 spiro atoms. The van der Waals surface area contributed by atoms with E-state index in [0.717, 1.165) is 28.8 Å². The first kappa shape index (κ1) is 12.2. The first-order chi connectivity index (χ1) is 7.13. The summed E-state index contributed by atoms with van der Waals surface area (Å²) < 4.78 is 7.41. The van der Waals surface area contributed by atoms with E-state index in [-0.39, 0.29) is 12.4 Å². The zero-order valence-corrected chi connectivity index (χ0v) is 10.8. The Morgan fingerprint density at radius 2 is 2.20 bits per heavy atom. The van der Waals surface area contributed by atoms with E-state index in [9.17, 15) is 4.79 Å². The van der Waals surface area contributed by atoms with Gasteiger partial charge in [0.25, 0.3) is 0 Å². The fourth-order valence-corrected chi connectivity index (χ4v) is 2.10. The third kappa shape index (κ3) is 2.59. The molecular weight excluding hydrogens is 260 g/mol. The van der Waals surface area contributed by atoms with E-state index in [4.69, 9.17) is 0 Å². The van der Waals surface area contributed by atoms with Crippen molar-refractivity contribution in [2.75, 3.05) is 7.11 Å². The van der Waals surface area contributed by atoms with Gasteiger partial charge in [-0.3, -0.25) is 9.48 Å². The Bertz CT molecular complexity index is 361. The molecule has 0 N–H and O–H groups in total. The molecule has 1 aromatic rings. The number of hydrogen-bond donors (Lipinski definition) is 0. The number of ether oxygens (including phenoxy) is 1. The molecule has 0 saturated carbocycles. The van der Waals surface area contributed by atoms with Gasteiger partial charge in [-0.15, -0.1) is 0 Å². The van der Waals surface area contributed by atoms with Crippen molar-refractivity contribution >= 4 is 21.9 Å². The number of hydrogen-bond acceptors (Lipinski definition) is 3. The summed E-state index contributed by atoms with van der Waals surface area (Å²) in [6.07, 6.45) is 1.11. The van der Waals surface area contributed by atoms with Gasteiger partial charge in [0.2, 0.25) is 0 Å². The smallest absolute Gasteiger partial charge is 0.311 e. The third-order valence-corrected chi connectivity index (χ3v) is 3.15. The highest BCUT2D eigenvalue weighted by molar-refractivity contribution is 9.10. The van der Waals surface area contributed by atoms with Gasteiger partial charge in [-0.1, -0.05) is 6.92 Å². The highest BCUT2D eigenvalue weighted by atomic mass is 79.9. The number of aryl methyl sites for hydroxylation is 2. The van der Waals surface area contributed by atoms with E-state index in [2.05, 4.69) is 25.8 Å². The van der Waals surface area contributed by atoms with Crippen molar-refractivity contribution in [3.63, 3.8) is 0 Å². The van der Waals surface area contributed by atoms with Crippen LogP contribution in [0.25, 0.3) is 0 Å². The van der Waals surface area contributed by atoms with Gasteiger partial charge in [0.05, 0.1) is 29.4 Å². The van der Waals surface area contributed by atoms with Crippen LogP contribution in [0.4, 0.5) is 0 Å². The molecule has 0 atom stereocenters. The molecule has 5 heteroatoms. The fourth-order valence-electron chi connectivity index (χ4n) is 1.40. The lowest BCUT2D eigenvalue weighted by Crippen LogP contribution is -2.10. The molecule has 1 rings (SSSR count). The predicted molar refractivity (Wildman–Crippen MR) is 60.7 cm³/mol. The van der Waals surface area contributed by atoms with Gasteiger partial charge in [0, 0.05) is 6.54 Å². The van der Waals surface area contributed by atoms with Crippen molar-refractivity contribution in [2.45, 2.75) is 33.2 Å². The highest BCUT2D eigenvalue weighted by Crippen LogP contribution is 2.22. The maximum atomic E-state index is 11.2. The molecule has 0 saturated heterocycles. The Morgan fingerprint density at radius 3 is 2.67 bits per heavy atom. The summed E-state index contributed by atoms with van der Waals surface area (Å²) in [4.78, 5) is 11.2. The number of halogens is 1. The quantitative estimate of drug-likeness (QED) is 0.789. The van der Waals surface area contributed by atoms with Crippen molar-refractivity contribution in [3.05, 3.63) is 15.9 Å². The fraction of sp³-hybridized carbons (Fsp3) is 0.600. The van der Waals surface area contributed by atoms with E-state index in [0.29, 0.717) is 0 Å². The molecule has 1 aromatic heterocycles. The first-order valence-corrected chi connectivity index (χ1v) is 5.74. The lowest BCUT2D eigenvalue weighted by molar-refractivity contribution is -0.139. The minimum Gasteiger partial charge on any atom is -0.469 e. The largest absolute Gasteiger partial charge is 0.469 e. The molecule has 4 nitrogen and oxygen atoms in total. The van der Waals surface area contributed by atoms with Crippen LogP contribution in [0.1, 0.15) is 25.2 Å². The molecule has 84 valence electrons. The number of methoxy groups -OCH3 is 1. The van der Waals surface area contributed by atoms with Crippen LogP contribution < -0.4 is 0 Å². The summed E-state index contributed by atoms with van der Waals surface area (Å²) in [5.41, 5.74) is 1.87. The summed E-state index contributed by atoms with van der Waals surface area (Å²) in [5.74, 6) is -0.243. The summed E-state index contributed by atoms with van der Waals surface area (Å²) in [7, 11) is 1.39. The molecule has 0 aliphatic rings. The number of carbonyl (C=O) groups is 1. The molecule has 0 fully saturated rings. The number of carbonyl (C=O) groups excluding carboxylic acids is 1. The Kier molecular flexibility index (Phi) is 4.32. The van der Waals surface area contributed by atoms with E-state index < -0.39 is 0 Å². The molecule has 15 heavy (non-hydrogen) atoms. The molecular formula is C10H15BrN2O2. The van der Waals surface area contributed by atoms with Crippen LogP contribution >= 0.6 is 15.9 Å². The number of rotatable bonds is 4. The van der Waals surface area contributed by atoms with Crippen LogP contribution in [0, 0.1) is 0 Å². The lowest BCUT2D eigenvalue weighted by Gasteiger charge is -2.03. The molecule has 0 aromatic carbocycles. The second kappa shape index (κ2) is 5.30. The molecule has 1 heterocycles. The second-order valence-corrected chi connectivity index (χ2v) is 3.92. The van der Waals surface area contributed by atoms with E-state index in [1.807, 2.05) is 18.5 Å². The molecule has 0 bridgehead atoms. The highest BCUT2D eigenvalue weighted by Gasteiger charge is 2.16. The number of esters is 1. The van der Waals surface area contributed by atoms with Crippen molar-refractivity contribution in [3.8, 4) is 0 Å². The summed E-state index contributed by atoms with van der Waals surface area (Å²) in [5, 5.41) is 4.40. The Balaban J connectivity index is 3.03. The van der Waals surface area contributed by atoms with Crippen LogP contribution in [0.5, 0.6) is 0 Å². The third-order valence-electron chi connectivity index (χ3n) is 2.23. The van der Waals surface area contributed by atoms with Gasteiger partial charge in [-0.05, 0) is 29.3 Å². The predicted octanol–water partition coefficient (Wildman–Crippen LogP) is 1.94. The second-order valence-electron chi connectivity index (χ2n) is 3.13. The molecule has 0 unspecified atom stereocenters. The van der Waals surface area contributed by atoms with Crippen LogP contribution in [-0.4, -0.2) is 22.9 Å². The Labute approximate surface area is 97.7 Å².